The van der Waals surface area contributed by atoms with Gasteiger partial charge in [-0.2, -0.15) is 0 Å². The van der Waals surface area contributed by atoms with E-state index in [1.807, 2.05) is 80.7 Å². The Morgan fingerprint density at radius 1 is 1.12 bits per heavy atom. The summed E-state index contributed by atoms with van der Waals surface area (Å²) < 4.78 is 0. The fourth-order valence-electron chi connectivity index (χ4n) is 5.06. The number of β-amino-alcohol motifs (C(OH)–C–C–N with tert-alkyl or cyclic N) is 1. The summed E-state index contributed by atoms with van der Waals surface area (Å²) in [4.78, 5) is 42.3. The number of carbonyl (C=O) groups excluding carboxylic acids is 3. The molecule has 0 saturated carbocycles. The number of amides is 3. The molecule has 0 bridgehead atoms. The van der Waals surface area contributed by atoms with Gasteiger partial charge in [0.15, 0.2) is 0 Å². The van der Waals surface area contributed by atoms with Gasteiger partial charge in [0.2, 0.25) is 11.8 Å². The van der Waals surface area contributed by atoms with Gasteiger partial charge in [0.05, 0.1) is 18.3 Å². The molecule has 1 aliphatic heterocycles. The zero-order valence-electron chi connectivity index (χ0n) is 24.2. The third-order valence-electron chi connectivity index (χ3n) is 7.17. The fraction of sp³-hybridized carbons (Fsp3) is 0.406. The van der Waals surface area contributed by atoms with Crippen molar-refractivity contribution in [2.24, 2.45) is 0 Å². The molecule has 1 aromatic heterocycles. The monoisotopic (exact) mass is 576 g/mol. The van der Waals surface area contributed by atoms with E-state index in [1.54, 1.807) is 23.2 Å². The Kier molecular flexibility index (Phi) is 9.96. The molecular formula is C32H40N4O4S. The number of aliphatic hydroxyl groups excluding tert-OH is 1. The molecule has 2 aromatic carbocycles. The molecule has 3 aromatic rings. The second-order valence-electron chi connectivity index (χ2n) is 11.2. The summed E-state index contributed by atoms with van der Waals surface area (Å²) in [6.07, 6.45) is 0.910. The van der Waals surface area contributed by atoms with Crippen LogP contribution in [0.2, 0.25) is 0 Å². The standard InChI is InChI=1S/C32H40N4O4S/c1-5-33-30(39)25-9-7-6-8-24(25)23-12-10-22(11-13-23)20-36-27-16-17-41-28(27)15-14-26(31(36)40)35-29(38)18-32(3,4)34-19-21(2)37/h6-13,16-17,21,26,34,37H,5,14-15,18-20H2,1-4H3,(H,33,39)(H,35,38)/t21-,26?/m1/s1. The minimum atomic E-state index is -0.627. The minimum Gasteiger partial charge on any atom is -0.392 e. The van der Waals surface area contributed by atoms with E-state index < -0.39 is 17.7 Å². The number of carbonyl (C=O) groups is 3. The molecule has 0 fully saturated rings. The molecule has 8 nitrogen and oxygen atoms in total. The van der Waals surface area contributed by atoms with Gasteiger partial charge in [0.1, 0.15) is 6.04 Å². The number of anilines is 1. The molecule has 4 rings (SSSR count). The lowest BCUT2D eigenvalue weighted by atomic mass is 9.98. The molecule has 1 aliphatic rings. The molecule has 218 valence electrons. The van der Waals surface area contributed by atoms with Crippen LogP contribution < -0.4 is 20.9 Å². The number of nitrogens with zero attached hydrogens (tertiary/aromatic N) is 1. The first-order chi connectivity index (χ1) is 19.6. The van der Waals surface area contributed by atoms with Crippen LogP contribution >= 0.6 is 11.3 Å². The summed E-state index contributed by atoms with van der Waals surface area (Å²) in [6, 6.07) is 16.8. The second kappa shape index (κ2) is 13.4. The number of benzene rings is 2. The van der Waals surface area contributed by atoms with E-state index in [-0.39, 0.29) is 24.1 Å². The molecule has 0 aliphatic carbocycles. The van der Waals surface area contributed by atoms with Crippen LogP contribution in [-0.2, 0) is 22.6 Å². The van der Waals surface area contributed by atoms with Crippen molar-refractivity contribution in [2.45, 2.75) is 71.2 Å². The van der Waals surface area contributed by atoms with Gasteiger partial charge in [-0.1, -0.05) is 42.5 Å². The maximum atomic E-state index is 13.8. The van der Waals surface area contributed by atoms with Gasteiger partial charge in [-0.25, -0.2) is 0 Å². The number of hydrogen-bond acceptors (Lipinski definition) is 6. The highest BCUT2D eigenvalue weighted by atomic mass is 32.1. The highest BCUT2D eigenvalue weighted by Crippen LogP contribution is 2.33. The van der Waals surface area contributed by atoms with Gasteiger partial charge in [-0.15, -0.1) is 11.3 Å². The van der Waals surface area contributed by atoms with Gasteiger partial charge in [0.25, 0.3) is 5.91 Å². The highest BCUT2D eigenvalue weighted by Gasteiger charge is 2.33. The van der Waals surface area contributed by atoms with E-state index in [0.717, 1.165) is 27.3 Å². The Balaban J connectivity index is 1.50. The zero-order valence-corrected chi connectivity index (χ0v) is 25.0. The summed E-state index contributed by atoms with van der Waals surface area (Å²) in [6.45, 7) is 8.71. The third kappa shape index (κ3) is 7.81. The molecule has 3 amide bonds. The van der Waals surface area contributed by atoms with Crippen LogP contribution in [0.3, 0.4) is 0 Å². The lowest BCUT2D eigenvalue weighted by molar-refractivity contribution is -0.128. The quantitative estimate of drug-likeness (QED) is 0.273. The van der Waals surface area contributed by atoms with E-state index in [9.17, 15) is 19.5 Å². The Labute approximate surface area is 246 Å². The van der Waals surface area contributed by atoms with Crippen molar-refractivity contribution >= 4 is 34.7 Å². The first-order valence-electron chi connectivity index (χ1n) is 14.1. The van der Waals surface area contributed by atoms with Crippen molar-refractivity contribution in [3.8, 4) is 11.1 Å². The minimum absolute atomic E-state index is 0.109. The molecular weight excluding hydrogens is 536 g/mol. The summed E-state index contributed by atoms with van der Waals surface area (Å²) in [5.74, 6) is -0.440. The summed E-state index contributed by atoms with van der Waals surface area (Å²) in [7, 11) is 0. The number of hydrogen-bond donors (Lipinski definition) is 4. The predicted octanol–water partition coefficient (Wildman–Crippen LogP) is 4.27. The lowest BCUT2D eigenvalue weighted by Gasteiger charge is -2.29. The molecule has 2 heterocycles. The van der Waals surface area contributed by atoms with Crippen molar-refractivity contribution in [2.75, 3.05) is 18.0 Å². The Morgan fingerprint density at radius 3 is 2.56 bits per heavy atom. The van der Waals surface area contributed by atoms with Crippen LogP contribution in [0.5, 0.6) is 0 Å². The Hall–Kier alpha value is -3.53. The number of aryl methyl sites for hydroxylation is 1. The highest BCUT2D eigenvalue weighted by molar-refractivity contribution is 7.10. The van der Waals surface area contributed by atoms with Gasteiger partial charge in [-0.05, 0) is 74.7 Å². The molecule has 4 N–H and O–H groups in total. The van der Waals surface area contributed by atoms with Crippen LogP contribution in [0.15, 0.2) is 60.0 Å². The Morgan fingerprint density at radius 2 is 1.85 bits per heavy atom. The molecule has 9 heteroatoms. The fourth-order valence-corrected chi connectivity index (χ4v) is 5.95. The molecule has 41 heavy (non-hydrogen) atoms. The summed E-state index contributed by atoms with van der Waals surface area (Å²) >= 11 is 1.63. The maximum absolute atomic E-state index is 13.8. The average molecular weight is 577 g/mol. The first kappa shape index (κ1) is 30.4. The SMILES string of the molecule is CCNC(=O)c1ccccc1-c1ccc(CN2C(=O)C(NC(=O)CC(C)(C)NC[C@@H](C)O)CCc3sccc32)cc1. The molecule has 0 radical (unpaired) electrons. The van der Waals surface area contributed by atoms with Crippen LogP contribution in [-0.4, -0.2) is 53.6 Å². The van der Waals surface area contributed by atoms with Crippen molar-refractivity contribution in [3.63, 3.8) is 0 Å². The van der Waals surface area contributed by atoms with E-state index in [2.05, 4.69) is 16.0 Å². The van der Waals surface area contributed by atoms with Crippen molar-refractivity contribution in [1.82, 2.24) is 16.0 Å². The van der Waals surface area contributed by atoms with Crippen molar-refractivity contribution < 1.29 is 19.5 Å². The van der Waals surface area contributed by atoms with Crippen molar-refractivity contribution in [1.29, 1.82) is 0 Å². The van der Waals surface area contributed by atoms with Crippen LogP contribution in [0.25, 0.3) is 11.1 Å². The van der Waals surface area contributed by atoms with Gasteiger partial charge < -0.3 is 26.0 Å². The van der Waals surface area contributed by atoms with Gasteiger partial charge in [-0.3, -0.25) is 14.4 Å². The topological polar surface area (TPSA) is 111 Å². The number of aliphatic hydroxyl groups is 1. The lowest BCUT2D eigenvalue weighted by Crippen LogP contribution is -2.51. The number of rotatable bonds is 11. The second-order valence-corrected chi connectivity index (χ2v) is 12.2. The Bertz CT molecular complexity index is 1370. The van der Waals surface area contributed by atoms with Crippen LogP contribution in [0.4, 0.5) is 5.69 Å². The molecule has 0 spiro atoms. The summed E-state index contributed by atoms with van der Waals surface area (Å²) in [5.41, 5.74) is 3.71. The van der Waals surface area contributed by atoms with E-state index in [4.69, 9.17) is 0 Å². The van der Waals surface area contributed by atoms with E-state index >= 15 is 0 Å². The van der Waals surface area contributed by atoms with Crippen LogP contribution in [0, 0.1) is 0 Å². The van der Waals surface area contributed by atoms with Crippen molar-refractivity contribution in [3.05, 3.63) is 76.0 Å². The number of thiophene rings is 1. The first-order valence-corrected chi connectivity index (χ1v) is 15.0. The molecule has 1 unspecified atom stereocenters. The van der Waals surface area contributed by atoms with Gasteiger partial charge >= 0.3 is 0 Å². The average Bonchev–Trinajstić information content (AvgIpc) is 3.37. The van der Waals surface area contributed by atoms with E-state index in [1.165, 1.54) is 0 Å². The largest absolute Gasteiger partial charge is 0.392 e. The molecule has 2 atom stereocenters. The smallest absolute Gasteiger partial charge is 0.251 e. The van der Waals surface area contributed by atoms with Gasteiger partial charge in [0, 0.05) is 35.5 Å². The predicted molar refractivity (Wildman–Crippen MR) is 164 cm³/mol. The maximum Gasteiger partial charge on any atom is 0.251 e. The zero-order chi connectivity index (χ0) is 29.6. The molecule has 0 saturated heterocycles. The number of fused-ring (bicyclic) bond motifs is 1. The summed E-state index contributed by atoms with van der Waals surface area (Å²) in [5, 5.41) is 20.7. The van der Waals surface area contributed by atoms with E-state index in [0.29, 0.717) is 38.0 Å². The third-order valence-corrected chi connectivity index (χ3v) is 8.14. The number of nitrogens with one attached hydrogen (secondary N) is 3. The van der Waals surface area contributed by atoms with Crippen LogP contribution in [0.1, 0.15) is 61.3 Å². The normalized spacial score (nSPS) is 16.1.